The van der Waals surface area contributed by atoms with Gasteiger partial charge in [-0.25, -0.2) is 9.18 Å². The molecule has 0 bridgehead atoms. The maximum Gasteiger partial charge on any atom is 0.339 e. The van der Waals surface area contributed by atoms with Gasteiger partial charge in [-0.1, -0.05) is 12.1 Å². The van der Waals surface area contributed by atoms with E-state index < -0.39 is 11.8 Å². The molecule has 0 amide bonds. The molecule has 0 saturated carbocycles. The van der Waals surface area contributed by atoms with Gasteiger partial charge in [0.1, 0.15) is 22.9 Å². The number of aryl methyl sites for hydroxylation is 1. The van der Waals surface area contributed by atoms with Crippen LogP contribution < -0.4 is 4.74 Å². The number of benzene rings is 2. The molecular weight excluding hydrogens is 235 g/mol. The summed E-state index contributed by atoms with van der Waals surface area (Å²) in [7, 11) is 0. The van der Waals surface area contributed by atoms with Gasteiger partial charge in [-0.3, -0.25) is 0 Å². The highest BCUT2D eigenvalue weighted by Crippen LogP contribution is 2.26. The molecule has 4 heteroatoms. The monoisotopic (exact) mass is 246 g/mol. The van der Waals surface area contributed by atoms with Crippen molar-refractivity contribution in [2.24, 2.45) is 0 Å². The number of hydrogen-bond acceptors (Lipinski definition) is 2. The number of halogens is 1. The van der Waals surface area contributed by atoms with Crippen molar-refractivity contribution in [2.45, 2.75) is 6.92 Å². The van der Waals surface area contributed by atoms with Crippen LogP contribution in [0.2, 0.25) is 0 Å². The highest BCUT2D eigenvalue weighted by molar-refractivity contribution is 5.91. The Bertz CT molecular complexity index is 593. The Morgan fingerprint density at radius 3 is 2.67 bits per heavy atom. The molecule has 3 nitrogen and oxygen atoms in total. The first-order chi connectivity index (χ1) is 8.56. The van der Waals surface area contributed by atoms with E-state index >= 15 is 0 Å². The summed E-state index contributed by atoms with van der Waals surface area (Å²) in [5.41, 5.74) is 0.794. The third-order valence-electron chi connectivity index (χ3n) is 2.39. The van der Waals surface area contributed by atoms with Gasteiger partial charge in [-0.15, -0.1) is 0 Å². The lowest BCUT2D eigenvalue weighted by Gasteiger charge is -2.09. The molecule has 0 aliphatic rings. The Labute approximate surface area is 103 Å². The number of carbonyl (C=O) groups is 1. The fraction of sp³-hybridized carbons (Fsp3) is 0.0714. The number of rotatable bonds is 3. The fourth-order valence-electron chi connectivity index (χ4n) is 1.56. The smallest absolute Gasteiger partial charge is 0.339 e. The average molecular weight is 246 g/mol. The second kappa shape index (κ2) is 4.87. The first-order valence-electron chi connectivity index (χ1n) is 5.33. The first-order valence-corrected chi connectivity index (χ1v) is 5.33. The van der Waals surface area contributed by atoms with Gasteiger partial charge in [-0.05, 0) is 42.8 Å². The van der Waals surface area contributed by atoms with Gasteiger partial charge in [0.05, 0.1) is 0 Å². The second-order valence-electron chi connectivity index (χ2n) is 3.86. The van der Waals surface area contributed by atoms with Gasteiger partial charge in [0.2, 0.25) is 0 Å². The molecule has 0 fully saturated rings. The van der Waals surface area contributed by atoms with Crippen LogP contribution in [0.3, 0.4) is 0 Å². The van der Waals surface area contributed by atoms with E-state index in [4.69, 9.17) is 9.84 Å². The number of carboxylic acids is 1. The third-order valence-corrected chi connectivity index (χ3v) is 2.39. The van der Waals surface area contributed by atoms with Crippen molar-refractivity contribution < 1.29 is 19.0 Å². The minimum absolute atomic E-state index is 0.120. The van der Waals surface area contributed by atoms with Gasteiger partial charge in [0.25, 0.3) is 0 Å². The Morgan fingerprint density at radius 2 is 2.00 bits per heavy atom. The molecule has 0 radical (unpaired) electrons. The zero-order valence-electron chi connectivity index (χ0n) is 9.68. The molecule has 2 rings (SSSR count). The van der Waals surface area contributed by atoms with E-state index in [1.807, 2.05) is 13.0 Å². The van der Waals surface area contributed by atoms with E-state index in [0.29, 0.717) is 5.75 Å². The van der Waals surface area contributed by atoms with Gasteiger partial charge in [0.15, 0.2) is 0 Å². The SMILES string of the molecule is Cc1cccc(Oc2ccc(F)cc2C(=O)O)c1. The molecule has 18 heavy (non-hydrogen) atoms. The Balaban J connectivity index is 2.37. The van der Waals surface area contributed by atoms with Crippen LogP contribution in [0.5, 0.6) is 11.5 Å². The van der Waals surface area contributed by atoms with Crippen LogP contribution in [0.15, 0.2) is 42.5 Å². The lowest BCUT2D eigenvalue weighted by atomic mass is 10.2. The summed E-state index contributed by atoms with van der Waals surface area (Å²) in [6.07, 6.45) is 0. The van der Waals surface area contributed by atoms with Crippen molar-refractivity contribution in [1.29, 1.82) is 0 Å². The topological polar surface area (TPSA) is 46.5 Å². The summed E-state index contributed by atoms with van der Waals surface area (Å²) in [5, 5.41) is 8.98. The molecule has 2 aromatic rings. The average Bonchev–Trinajstić information content (AvgIpc) is 2.31. The summed E-state index contributed by atoms with van der Waals surface area (Å²) in [6.45, 7) is 1.90. The van der Waals surface area contributed by atoms with E-state index in [0.717, 1.165) is 17.7 Å². The summed E-state index contributed by atoms with van der Waals surface area (Å²) < 4.78 is 18.5. The zero-order chi connectivity index (χ0) is 13.1. The number of aromatic carboxylic acids is 1. The van der Waals surface area contributed by atoms with Crippen molar-refractivity contribution in [1.82, 2.24) is 0 Å². The summed E-state index contributed by atoms with van der Waals surface area (Å²) in [5.74, 6) is -1.19. The van der Waals surface area contributed by atoms with Crippen molar-refractivity contribution in [3.63, 3.8) is 0 Å². The molecule has 0 aliphatic heterocycles. The number of ether oxygens (including phenoxy) is 1. The predicted octanol–water partition coefficient (Wildman–Crippen LogP) is 3.62. The molecule has 0 aliphatic carbocycles. The number of hydrogen-bond donors (Lipinski definition) is 1. The molecule has 0 aromatic heterocycles. The number of carboxylic acid groups (broad SMARTS) is 1. The second-order valence-corrected chi connectivity index (χ2v) is 3.86. The van der Waals surface area contributed by atoms with E-state index in [1.54, 1.807) is 18.2 Å². The van der Waals surface area contributed by atoms with Crippen molar-refractivity contribution in [2.75, 3.05) is 0 Å². The Kier molecular flexibility index (Phi) is 3.28. The Morgan fingerprint density at radius 1 is 1.22 bits per heavy atom. The van der Waals surface area contributed by atoms with Crippen LogP contribution in [0.4, 0.5) is 4.39 Å². The molecule has 1 N–H and O–H groups in total. The van der Waals surface area contributed by atoms with E-state index in [-0.39, 0.29) is 11.3 Å². The van der Waals surface area contributed by atoms with Gasteiger partial charge in [0, 0.05) is 0 Å². The summed E-state index contributed by atoms with van der Waals surface area (Å²) in [6, 6.07) is 10.6. The fourth-order valence-corrected chi connectivity index (χ4v) is 1.56. The molecule has 92 valence electrons. The lowest BCUT2D eigenvalue weighted by molar-refractivity contribution is 0.0693. The molecule has 0 unspecified atom stereocenters. The van der Waals surface area contributed by atoms with Crippen LogP contribution in [-0.4, -0.2) is 11.1 Å². The molecule has 0 saturated heterocycles. The normalized spacial score (nSPS) is 10.1. The molecule has 2 aromatic carbocycles. The van der Waals surface area contributed by atoms with E-state index in [1.165, 1.54) is 6.07 Å². The Hall–Kier alpha value is -2.36. The highest BCUT2D eigenvalue weighted by Gasteiger charge is 2.13. The molecule has 0 spiro atoms. The van der Waals surface area contributed by atoms with Crippen molar-refractivity contribution >= 4 is 5.97 Å². The van der Waals surface area contributed by atoms with Crippen LogP contribution in [0.1, 0.15) is 15.9 Å². The largest absolute Gasteiger partial charge is 0.478 e. The summed E-state index contributed by atoms with van der Waals surface area (Å²) in [4.78, 5) is 11.0. The van der Waals surface area contributed by atoms with Crippen molar-refractivity contribution in [3.8, 4) is 11.5 Å². The summed E-state index contributed by atoms with van der Waals surface area (Å²) >= 11 is 0. The zero-order valence-corrected chi connectivity index (χ0v) is 9.68. The van der Waals surface area contributed by atoms with E-state index in [2.05, 4.69) is 0 Å². The van der Waals surface area contributed by atoms with Crippen LogP contribution in [0.25, 0.3) is 0 Å². The molecule has 0 heterocycles. The van der Waals surface area contributed by atoms with Crippen LogP contribution in [-0.2, 0) is 0 Å². The molecule has 0 atom stereocenters. The minimum Gasteiger partial charge on any atom is -0.478 e. The minimum atomic E-state index is -1.22. The maximum atomic E-state index is 13.0. The standard InChI is InChI=1S/C14H11FO3/c1-9-3-2-4-11(7-9)18-13-6-5-10(15)8-12(13)14(16)17/h2-8H,1H3,(H,16,17). The van der Waals surface area contributed by atoms with Gasteiger partial charge < -0.3 is 9.84 Å². The van der Waals surface area contributed by atoms with Gasteiger partial charge in [-0.2, -0.15) is 0 Å². The van der Waals surface area contributed by atoms with Crippen LogP contribution in [0, 0.1) is 12.7 Å². The third kappa shape index (κ3) is 2.66. The highest BCUT2D eigenvalue weighted by atomic mass is 19.1. The maximum absolute atomic E-state index is 13.0. The van der Waals surface area contributed by atoms with Crippen molar-refractivity contribution in [3.05, 3.63) is 59.4 Å². The van der Waals surface area contributed by atoms with Gasteiger partial charge >= 0.3 is 5.97 Å². The molecular formula is C14H11FO3. The van der Waals surface area contributed by atoms with Crippen LogP contribution >= 0.6 is 0 Å². The first kappa shape index (κ1) is 12.1. The lowest BCUT2D eigenvalue weighted by Crippen LogP contribution is -2.00. The predicted molar refractivity (Wildman–Crippen MR) is 64.6 cm³/mol. The van der Waals surface area contributed by atoms with E-state index in [9.17, 15) is 9.18 Å². The quantitative estimate of drug-likeness (QED) is 0.899.